The van der Waals surface area contributed by atoms with E-state index in [9.17, 15) is 13.0 Å². The quantitative estimate of drug-likeness (QED) is 0.439. The van der Waals surface area contributed by atoms with Crippen LogP contribution >= 0.6 is 8.46 Å². The van der Waals surface area contributed by atoms with Crippen molar-refractivity contribution in [3.63, 3.8) is 0 Å². The molecule has 0 unspecified atom stereocenters. The Balaban J connectivity index is 3.84. The minimum atomic E-state index is -4.00. The minimum Gasteiger partial charge on any atom is -0.285 e. The molecule has 0 radical (unpaired) electrons. The van der Waals surface area contributed by atoms with Crippen molar-refractivity contribution in [2.24, 2.45) is 0 Å². The normalized spacial score (nSPS) is 12.1. The second kappa shape index (κ2) is 2.35. The molecule has 1 N–H and O–H groups in total. The molecule has 6 heteroatoms. The standard InChI is InChI=1S/CH3O4PS/c2-6-1-7(3,4)5/h1H2,(H,3,4,5). The van der Waals surface area contributed by atoms with E-state index in [1.165, 1.54) is 0 Å². The molecule has 0 aromatic carbocycles. The van der Waals surface area contributed by atoms with E-state index in [1.807, 2.05) is 0 Å². The molecule has 0 saturated carbocycles. The molecule has 0 bridgehead atoms. The van der Waals surface area contributed by atoms with Crippen LogP contribution in [0.2, 0.25) is 0 Å². The minimum absolute atomic E-state index is 0.579. The molecule has 0 aliphatic carbocycles. The van der Waals surface area contributed by atoms with Crippen LogP contribution in [0.15, 0.2) is 0 Å². The van der Waals surface area contributed by atoms with Crippen molar-refractivity contribution in [1.82, 2.24) is 0 Å². The molecule has 0 spiro atoms. The molecule has 0 heterocycles. The molecular weight excluding hydrogens is 139 g/mol. The van der Waals surface area contributed by atoms with Gasteiger partial charge in [-0.3, -0.25) is 9.12 Å². The van der Waals surface area contributed by atoms with E-state index in [-0.39, 0.29) is 0 Å². The molecule has 0 rings (SSSR count). The summed E-state index contributed by atoms with van der Waals surface area (Å²) >= 11 is 0. The topological polar surface area (TPSA) is 71.4 Å². The summed E-state index contributed by atoms with van der Waals surface area (Å²) in [4.78, 5) is 0. The van der Waals surface area contributed by atoms with Crippen molar-refractivity contribution in [2.45, 2.75) is 0 Å². The Bertz CT molecular complexity index is 145. The molecule has 0 saturated heterocycles. The third-order valence-corrected chi connectivity index (χ3v) is 1.94. The van der Waals surface area contributed by atoms with Gasteiger partial charge in [0.1, 0.15) is 0 Å². The van der Waals surface area contributed by atoms with Gasteiger partial charge in [-0.1, -0.05) is 0 Å². The van der Waals surface area contributed by atoms with Crippen LogP contribution in [0.25, 0.3) is 0 Å². The van der Waals surface area contributed by atoms with Crippen LogP contribution < -0.4 is 0 Å². The van der Waals surface area contributed by atoms with E-state index in [1.54, 1.807) is 0 Å². The summed E-state index contributed by atoms with van der Waals surface area (Å²) < 4.78 is 36.3. The molecule has 7 heavy (non-hydrogen) atoms. The van der Waals surface area contributed by atoms with E-state index in [2.05, 4.69) is 0 Å². The molecule has 4 nitrogen and oxygen atoms in total. The summed E-state index contributed by atoms with van der Waals surface area (Å²) in [6, 6.07) is 0. The Morgan fingerprint density at radius 2 is 2.00 bits per heavy atom. The van der Waals surface area contributed by atoms with Gasteiger partial charge in [0.2, 0.25) is 0 Å². The van der Waals surface area contributed by atoms with Crippen molar-refractivity contribution < 1.29 is 17.5 Å². The van der Waals surface area contributed by atoms with E-state index < -0.39 is 24.1 Å². The summed E-state index contributed by atoms with van der Waals surface area (Å²) in [6.45, 7) is 0. The summed E-state index contributed by atoms with van der Waals surface area (Å²) in [7, 11) is -4.58. The summed E-state index contributed by atoms with van der Waals surface area (Å²) in [6.07, 6.45) is 0. The summed E-state index contributed by atoms with van der Waals surface area (Å²) in [5.41, 5.74) is -0.715. The highest BCUT2D eigenvalue weighted by Gasteiger charge is 2.00. The number of rotatable bonds is 2. The molecule has 0 amide bonds. The van der Waals surface area contributed by atoms with Crippen molar-refractivity contribution in [1.29, 1.82) is 0 Å². The number of hydrogen-bond acceptors (Lipinski definition) is 3. The zero-order valence-corrected chi connectivity index (χ0v) is 4.95. The van der Waals surface area contributed by atoms with E-state index in [0.717, 1.165) is 0 Å². The Labute approximate surface area is 42.5 Å². The zero-order valence-electron chi connectivity index (χ0n) is 3.23. The van der Waals surface area contributed by atoms with Gasteiger partial charge in [0.05, 0.1) is 0 Å². The average Bonchev–Trinajstić information content (AvgIpc) is 1.30. The van der Waals surface area contributed by atoms with E-state index >= 15 is 0 Å². The van der Waals surface area contributed by atoms with Crippen LogP contribution in [0.3, 0.4) is 0 Å². The first kappa shape index (κ1) is 7.01. The van der Waals surface area contributed by atoms with Crippen LogP contribution in [0.1, 0.15) is 0 Å². The van der Waals surface area contributed by atoms with Gasteiger partial charge in [-0.15, -0.1) is 0 Å². The second-order valence-corrected chi connectivity index (χ2v) is 3.29. The highest BCUT2D eigenvalue weighted by Crippen LogP contribution is 1.94. The van der Waals surface area contributed by atoms with Crippen LogP contribution in [-0.2, 0) is 14.7 Å². The van der Waals surface area contributed by atoms with Crippen molar-refractivity contribution in [2.75, 3.05) is 5.49 Å². The Hall–Kier alpha value is 0.01000. The van der Waals surface area contributed by atoms with Gasteiger partial charge in [-0.05, 0) is 0 Å². The van der Waals surface area contributed by atoms with Crippen LogP contribution in [0, 0.1) is 0 Å². The summed E-state index contributed by atoms with van der Waals surface area (Å²) in [5.74, 6) is 0. The molecule has 0 atom stereocenters. The maximum absolute atomic E-state index is 9.58. The third kappa shape index (κ3) is 6.01. The lowest BCUT2D eigenvalue weighted by Gasteiger charge is -1.78. The van der Waals surface area contributed by atoms with Gasteiger partial charge in [-0.25, -0.2) is 0 Å². The van der Waals surface area contributed by atoms with Gasteiger partial charge in [0, 0.05) is 0 Å². The molecule has 42 valence electrons. The molecule has 0 aromatic rings. The van der Waals surface area contributed by atoms with Crippen molar-refractivity contribution >= 4 is 18.6 Å². The first-order chi connectivity index (χ1) is 3.06. The van der Waals surface area contributed by atoms with E-state index in [4.69, 9.17) is 4.55 Å². The SMILES string of the molecule is O=PCS(=O)(=O)O. The molecule has 0 aliphatic heterocycles. The van der Waals surface area contributed by atoms with Gasteiger partial charge < -0.3 is 0 Å². The van der Waals surface area contributed by atoms with Crippen molar-refractivity contribution in [3.8, 4) is 0 Å². The fourth-order valence-electron chi connectivity index (χ4n) is 0.0666. The molecular formula is CH3O4PS. The number of hydrogen-bond donors (Lipinski definition) is 1. The lowest BCUT2D eigenvalue weighted by atomic mass is 11.9. The van der Waals surface area contributed by atoms with Crippen molar-refractivity contribution in [3.05, 3.63) is 0 Å². The van der Waals surface area contributed by atoms with Gasteiger partial charge in [0.15, 0.2) is 14.0 Å². The summed E-state index contributed by atoms with van der Waals surface area (Å²) in [5, 5.41) is 0. The predicted molar refractivity (Wildman–Crippen MR) is 24.0 cm³/mol. The molecule has 0 aliphatic rings. The maximum Gasteiger partial charge on any atom is 0.276 e. The monoisotopic (exact) mass is 142 g/mol. The molecule has 0 fully saturated rings. The largest absolute Gasteiger partial charge is 0.285 e. The Kier molecular flexibility index (Phi) is 2.35. The van der Waals surface area contributed by atoms with Gasteiger partial charge in [0.25, 0.3) is 10.1 Å². The zero-order chi connectivity index (χ0) is 5.91. The molecule has 0 aromatic heterocycles. The smallest absolute Gasteiger partial charge is 0.276 e. The van der Waals surface area contributed by atoms with Gasteiger partial charge >= 0.3 is 0 Å². The maximum atomic E-state index is 9.58. The lowest BCUT2D eigenvalue weighted by molar-refractivity contribution is 0.488. The van der Waals surface area contributed by atoms with Crippen LogP contribution in [0.4, 0.5) is 0 Å². The van der Waals surface area contributed by atoms with Crippen LogP contribution in [0.5, 0.6) is 0 Å². The fourth-order valence-corrected chi connectivity index (χ4v) is 0.599. The van der Waals surface area contributed by atoms with E-state index in [0.29, 0.717) is 0 Å². The van der Waals surface area contributed by atoms with Gasteiger partial charge in [-0.2, -0.15) is 8.42 Å². The first-order valence-electron chi connectivity index (χ1n) is 1.30. The lowest BCUT2D eigenvalue weighted by Crippen LogP contribution is -1.95. The second-order valence-electron chi connectivity index (χ2n) is 0.840. The average molecular weight is 142 g/mol. The highest BCUT2D eigenvalue weighted by atomic mass is 32.2. The Morgan fingerprint density at radius 3 is 2.00 bits per heavy atom. The third-order valence-electron chi connectivity index (χ3n) is 0.216. The Morgan fingerprint density at radius 1 is 1.57 bits per heavy atom. The first-order valence-corrected chi connectivity index (χ1v) is 3.91. The fraction of sp³-hybridized carbons (Fsp3) is 1.00. The highest BCUT2D eigenvalue weighted by molar-refractivity contribution is 7.90. The van der Waals surface area contributed by atoms with Crippen LogP contribution in [-0.4, -0.2) is 18.5 Å². The predicted octanol–water partition coefficient (Wildman–Crippen LogP) is 0.123.